The van der Waals surface area contributed by atoms with Crippen molar-refractivity contribution in [3.05, 3.63) is 182 Å². The minimum atomic E-state index is 0.908. The van der Waals surface area contributed by atoms with E-state index in [2.05, 4.69) is 179 Å². The molecule has 0 N–H and O–H groups in total. The minimum absolute atomic E-state index is 0.908. The molecule has 8 aromatic carbocycles. The van der Waals surface area contributed by atoms with Crippen LogP contribution in [0.25, 0.3) is 99.2 Å². The highest BCUT2D eigenvalue weighted by molar-refractivity contribution is 6.16. The lowest BCUT2D eigenvalue weighted by Crippen LogP contribution is -1.93. The summed E-state index contributed by atoms with van der Waals surface area (Å²) in [7, 11) is 0. The molecule has 0 unspecified atom stereocenters. The molecule has 11 rings (SSSR count). The second-order valence-corrected chi connectivity index (χ2v) is 13.3. The summed E-state index contributed by atoms with van der Waals surface area (Å²) < 4.78 is 11.0. The van der Waals surface area contributed by atoms with Gasteiger partial charge < -0.3 is 13.6 Å². The molecule has 0 fully saturated rings. The Hall–Kier alpha value is -6.84. The summed E-state index contributed by atoms with van der Waals surface area (Å²) in [5, 5.41) is 7.26. The van der Waals surface area contributed by atoms with Crippen LogP contribution in [0.2, 0.25) is 0 Å². The fourth-order valence-corrected chi connectivity index (χ4v) is 8.25. The van der Waals surface area contributed by atoms with Gasteiger partial charge in [0.1, 0.15) is 11.2 Å². The molecule has 3 heteroatoms. The van der Waals surface area contributed by atoms with E-state index in [1.54, 1.807) is 0 Å². The van der Waals surface area contributed by atoms with Crippen molar-refractivity contribution in [2.24, 2.45) is 0 Å². The standard InChI is InChI=1S/C48H30N2O/c1-3-12-34(13-4-1)49-42-19-9-7-16-37(42)40-28-31(23-26-43(40)49)32-24-27-44-41(29-32)38-25-22-33(30-45(38)50(44)35-14-5-2-6-15-35)36-18-11-21-47-48(36)39-17-8-10-20-46(39)51-47/h1-30H. The highest BCUT2D eigenvalue weighted by Crippen LogP contribution is 2.41. The van der Waals surface area contributed by atoms with Crippen LogP contribution in [0.5, 0.6) is 0 Å². The summed E-state index contributed by atoms with van der Waals surface area (Å²) in [5.74, 6) is 0. The Kier molecular flexibility index (Phi) is 5.96. The van der Waals surface area contributed by atoms with Gasteiger partial charge in [-0.05, 0) is 95.1 Å². The predicted molar refractivity (Wildman–Crippen MR) is 213 cm³/mol. The zero-order valence-electron chi connectivity index (χ0n) is 27.6. The Balaban J connectivity index is 1.13. The molecule has 0 radical (unpaired) electrons. The first-order valence-corrected chi connectivity index (χ1v) is 17.4. The third-order valence-corrected chi connectivity index (χ3v) is 10.5. The molecule has 3 aromatic heterocycles. The maximum Gasteiger partial charge on any atom is 0.136 e. The SMILES string of the molecule is c1ccc(-n2c3ccccc3c3cc(-c4ccc5c(c4)c4ccc(-c6cccc7oc8ccccc8c67)cc4n5-c4ccccc4)ccc32)cc1. The molecule has 0 aliphatic heterocycles. The zero-order chi connectivity index (χ0) is 33.5. The summed E-state index contributed by atoms with van der Waals surface area (Å²) in [6.07, 6.45) is 0. The van der Waals surface area contributed by atoms with Gasteiger partial charge in [0.15, 0.2) is 0 Å². The average Bonchev–Trinajstić information content (AvgIpc) is 3.85. The second-order valence-electron chi connectivity index (χ2n) is 13.3. The van der Waals surface area contributed by atoms with E-state index in [0.717, 1.165) is 27.6 Å². The maximum absolute atomic E-state index is 6.27. The molecular weight excluding hydrogens is 621 g/mol. The van der Waals surface area contributed by atoms with Crippen LogP contribution in [0.3, 0.4) is 0 Å². The van der Waals surface area contributed by atoms with E-state index in [9.17, 15) is 0 Å². The van der Waals surface area contributed by atoms with Crippen molar-refractivity contribution in [3.8, 4) is 33.6 Å². The van der Waals surface area contributed by atoms with Gasteiger partial charge in [-0.15, -0.1) is 0 Å². The quantitative estimate of drug-likeness (QED) is 0.186. The first-order valence-electron chi connectivity index (χ1n) is 17.4. The summed E-state index contributed by atoms with van der Waals surface area (Å²) in [6, 6.07) is 65.5. The van der Waals surface area contributed by atoms with Gasteiger partial charge in [-0.2, -0.15) is 0 Å². The lowest BCUT2D eigenvalue weighted by Gasteiger charge is -2.10. The van der Waals surface area contributed by atoms with E-state index in [-0.39, 0.29) is 0 Å². The van der Waals surface area contributed by atoms with Crippen LogP contribution in [0.15, 0.2) is 186 Å². The Morgan fingerprint density at radius 1 is 0.314 bits per heavy atom. The minimum Gasteiger partial charge on any atom is -0.456 e. The number of benzene rings is 8. The highest BCUT2D eigenvalue weighted by Gasteiger charge is 2.18. The molecule has 51 heavy (non-hydrogen) atoms. The fraction of sp³-hybridized carbons (Fsp3) is 0. The molecule has 238 valence electrons. The predicted octanol–water partition coefficient (Wildman–Crippen LogP) is 13.1. The van der Waals surface area contributed by atoms with Gasteiger partial charge in [0, 0.05) is 43.7 Å². The average molecular weight is 651 g/mol. The van der Waals surface area contributed by atoms with Crippen molar-refractivity contribution < 1.29 is 4.42 Å². The van der Waals surface area contributed by atoms with E-state index in [1.807, 2.05) is 12.1 Å². The molecule has 0 saturated carbocycles. The van der Waals surface area contributed by atoms with Gasteiger partial charge in [-0.1, -0.05) is 109 Å². The van der Waals surface area contributed by atoms with Crippen LogP contribution in [-0.4, -0.2) is 9.13 Å². The fourth-order valence-electron chi connectivity index (χ4n) is 8.25. The topological polar surface area (TPSA) is 23.0 Å². The van der Waals surface area contributed by atoms with Gasteiger partial charge in [0.25, 0.3) is 0 Å². The third-order valence-electron chi connectivity index (χ3n) is 10.5. The smallest absolute Gasteiger partial charge is 0.136 e. The van der Waals surface area contributed by atoms with E-state index < -0.39 is 0 Å². The monoisotopic (exact) mass is 650 g/mol. The molecule has 0 aliphatic rings. The Bertz CT molecular complexity index is 3130. The molecule has 0 spiro atoms. The van der Waals surface area contributed by atoms with Crippen molar-refractivity contribution in [2.75, 3.05) is 0 Å². The van der Waals surface area contributed by atoms with Gasteiger partial charge >= 0.3 is 0 Å². The van der Waals surface area contributed by atoms with Crippen LogP contribution in [0, 0.1) is 0 Å². The number of rotatable bonds is 4. The van der Waals surface area contributed by atoms with Crippen LogP contribution < -0.4 is 0 Å². The molecule has 0 aliphatic carbocycles. The first-order chi connectivity index (χ1) is 25.3. The van der Waals surface area contributed by atoms with Crippen molar-refractivity contribution in [2.45, 2.75) is 0 Å². The normalized spacial score (nSPS) is 11.9. The number of para-hydroxylation sites is 4. The number of furan rings is 1. The largest absolute Gasteiger partial charge is 0.456 e. The molecule has 3 heterocycles. The number of fused-ring (bicyclic) bond motifs is 9. The molecule has 3 nitrogen and oxygen atoms in total. The number of hydrogen-bond acceptors (Lipinski definition) is 1. The van der Waals surface area contributed by atoms with Gasteiger partial charge in [0.05, 0.1) is 22.1 Å². The van der Waals surface area contributed by atoms with Gasteiger partial charge in [-0.25, -0.2) is 0 Å². The Morgan fingerprint density at radius 3 is 1.55 bits per heavy atom. The highest BCUT2D eigenvalue weighted by atomic mass is 16.3. The van der Waals surface area contributed by atoms with Crippen molar-refractivity contribution >= 4 is 65.6 Å². The van der Waals surface area contributed by atoms with Crippen LogP contribution in [0.1, 0.15) is 0 Å². The summed E-state index contributed by atoms with van der Waals surface area (Å²) in [6.45, 7) is 0. The molecule has 0 amide bonds. The molecule has 0 saturated heterocycles. The molecule has 0 bridgehead atoms. The van der Waals surface area contributed by atoms with E-state index in [4.69, 9.17) is 4.42 Å². The zero-order valence-corrected chi connectivity index (χ0v) is 27.6. The van der Waals surface area contributed by atoms with Crippen molar-refractivity contribution in [1.82, 2.24) is 9.13 Å². The third kappa shape index (κ3) is 4.19. The summed E-state index contributed by atoms with van der Waals surface area (Å²) >= 11 is 0. The lowest BCUT2D eigenvalue weighted by molar-refractivity contribution is 0.669. The van der Waals surface area contributed by atoms with Crippen molar-refractivity contribution in [1.29, 1.82) is 0 Å². The van der Waals surface area contributed by atoms with Gasteiger partial charge in [-0.3, -0.25) is 0 Å². The van der Waals surface area contributed by atoms with E-state index in [1.165, 1.54) is 71.6 Å². The number of hydrogen-bond donors (Lipinski definition) is 0. The molecule has 11 aromatic rings. The van der Waals surface area contributed by atoms with Crippen LogP contribution in [-0.2, 0) is 0 Å². The lowest BCUT2D eigenvalue weighted by atomic mass is 9.97. The summed E-state index contributed by atoms with van der Waals surface area (Å²) in [5.41, 5.74) is 13.7. The number of nitrogens with zero attached hydrogens (tertiary/aromatic N) is 2. The molecular formula is C48H30N2O. The van der Waals surface area contributed by atoms with E-state index in [0.29, 0.717) is 0 Å². The van der Waals surface area contributed by atoms with Crippen LogP contribution >= 0.6 is 0 Å². The first kappa shape index (κ1) is 28.0. The van der Waals surface area contributed by atoms with E-state index >= 15 is 0 Å². The van der Waals surface area contributed by atoms with Crippen LogP contribution in [0.4, 0.5) is 0 Å². The Labute approximate surface area is 293 Å². The Morgan fingerprint density at radius 2 is 0.843 bits per heavy atom. The second kappa shape index (κ2) is 10.8. The van der Waals surface area contributed by atoms with Crippen molar-refractivity contribution in [3.63, 3.8) is 0 Å². The van der Waals surface area contributed by atoms with Gasteiger partial charge in [0.2, 0.25) is 0 Å². The summed E-state index contributed by atoms with van der Waals surface area (Å²) in [4.78, 5) is 0. The molecule has 0 atom stereocenters. The number of aromatic nitrogens is 2. The maximum atomic E-state index is 6.27.